The molecule has 0 bridgehead atoms. The van der Waals surface area contributed by atoms with Gasteiger partial charge in [-0.05, 0) is 18.2 Å². The van der Waals surface area contributed by atoms with Crippen LogP contribution in [0.15, 0.2) is 22.7 Å². The van der Waals surface area contributed by atoms with Crippen LogP contribution < -0.4 is 5.32 Å². The molecule has 0 aliphatic heterocycles. The smallest absolute Gasteiger partial charge is 0.255 e. The van der Waals surface area contributed by atoms with E-state index in [2.05, 4.69) is 21.2 Å². The van der Waals surface area contributed by atoms with Gasteiger partial charge in [0.1, 0.15) is 11.3 Å². The minimum absolute atomic E-state index is 0.0240. The molecule has 0 atom stereocenters. The van der Waals surface area contributed by atoms with Crippen molar-refractivity contribution in [1.29, 1.82) is 0 Å². The molecule has 18 heavy (non-hydrogen) atoms. The average Bonchev–Trinajstić information content (AvgIpc) is 2.38. The van der Waals surface area contributed by atoms with Crippen LogP contribution in [0.25, 0.3) is 0 Å². The van der Waals surface area contributed by atoms with E-state index in [1.165, 1.54) is 12.1 Å². The Morgan fingerprint density at radius 1 is 1.22 bits per heavy atom. The minimum atomic E-state index is -1.52. The zero-order valence-electron chi connectivity index (χ0n) is 9.43. The molecule has 1 aromatic rings. The molecule has 0 heterocycles. The summed E-state index contributed by atoms with van der Waals surface area (Å²) in [5.74, 6) is -0.940. The number of aliphatic hydroxyl groups is 3. The van der Waals surface area contributed by atoms with Crippen molar-refractivity contribution in [3.05, 3.63) is 28.2 Å². The Labute approximate surface area is 112 Å². The maximum absolute atomic E-state index is 11.9. The number of amides is 1. The molecule has 0 aliphatic carbocycles. The number of hydrogen-bond donors (Lipinski definition) is 5. The van der Waals surface area contributed by atoms with Crippen LogP contribution >= 0.6 is 15.9 Å². The molecular formula is C11H14BrNO5. The summed E-state index contributed by atoms with van der Waals surface area (Å²) in [7, 11) is 0. The lowest BCUT2D eigenvalue weighted by Gasteiger charge is -2.28. The number of halogens is 1. The van der Waals surface area contributed by atoms with Crippen LogP contribution in [0.4, 0.5) is 0 Å². The maximum atomic E-state index is 11.9. The predicted octanol–water partition coefficient (Wildman–Crippen LogP) is -0.400. The van der Waals surface area contributed by atoms with Gasteiger partial charge in [-0.15, -0.1) is 0 Å². The van der Waals surface area contributed by atoms with Gasteiger partial charge in [-0.3, -0.25) is 4.79 Å². The van der Waals surface area contributed by atoms with Gasteiger partial charge >= 0.3 is 0 Å². The van der Waals surface area contributed by atoms with Gasteiger partial charge in [-0.2, -0.15) is 0 Å². The summed E-state index contributed by atoms with van der Waals surface area (Å²) in [5, 5.41) is 39.1. The molecule has 7 heteroatoms. The average molecular weight is 320 g/mol. The van der Waals surface area contributed by atoms with Gasteiger partial charge in [-0.1, -0.05) is 15.9 Å². The summed E-state index contributed by atoms with van der Waals surface area (Å²) >= 11 is 3.16. The molecule has 0 aliphatic rings. The van der Waals surface area contributed by atoms with E-state index in [0.29, 0.717) is 4.47 Å². The number of carbonyl (C=O) groups excluding carboxylic acids is 1. The molecule has 1 rings (SSSR count). The SMILES string of the molecule is O=C(NC(CO)(CO)CO)c1cc(Br)ccc1O. The van der Waals surface area contributed by atoms with E-state index in [1.54, 1.807) is 6.07 Å². The van der Waals surface area contributed by atoms with E-state index in [-0.39, 0.29) is 11.3 Å². The Hall–Kier alpha value is -1.15. The number of rotatable bonds is 5. The van der Waals surface area contributed by atoms with Gasteiger partial charge in [0, 0.05) is 4.47 Å². The summed E-state index contributed by atoms with van der Waals surface area (Å²) in [6.07, 6.45) is 0. The van der Waals surface area contributed by atoms with Crippen molar-refractivity contribution in [2.24, 2.45) is 0 Å². The van der Waals surface area contributed by atoms with Crippen molar-refractivity contribution < 1.29 is 25.2 Å². The summed E-state index contributed by atoms with van der Waals surface area (Å²) < 4.78 is 0.591. The topological polar surface area (TPSA) is 110 Å². The monoisotopic (exact) mass is 319 g/mol. The molecule has 1 amide bonds. The zero-order valence-corrected chi connectivity index (χ0v) is 11.0. The van der Waals surface area contributed by atoms with Gasteiger partial charge in [0.15, 0.2) is 0 Å². The number of hydrogen-bond acceptors (Lipinski definition) is 5. The molecule has 5 N–H and O–H groups in total. The van der Waals surface area contributed by atoms with E-state index in [4.69, 9.17) is 15.3 Å². The van der Waals surface area contributed by atoms with Crippen molar-refractivity contribution in [1.82, 2.24) is 5.32 Å². The molecule has 0 saturated heterocycles. The first-order valence-corrected chi connectivity index (χ1v) is 5.91. The van der Waals surface area contributed by atoms with Gasteiger partial charge in [0.05, 0.1) is 25.4 Å². The first kappa shape index (κ1) is 14.9. The highest BCUT2D eigenvalue weighted by Crippen LogP contribution is 2.22. The fourth-order valence-electron chi connectivity index (χ4n) is 1.27. The largest absolute Gasteiger partial charge is 0.507 e. The van der Waals surface area contributed by atoms with E-state index in [0.717, 1.165) is 0 Å². The van der Waals surface area contributed by atoms with Crippen LogP contribution in [0.5, 0.6) is 5.75 Å². The Morgan fingerprint density at radius 3 is 2.28 bits per heavy atom. The van der Waals surface area contributed by atoms with Gasteiger partial charge in [0.25, 0.3) is 5.91 Å². The standard InChI is InChI=1S/C11H14BrNO5/c12-7-1-2-9(17)8(3-7)10(18)13-11(4-14,5-15)6-16/h1-3,14-17H,4-6H2,(H,13,18). The lowest BCUT2D eigenvalue weighted by Crippen LogP contribution is -2.57. The second-order valence-electron chi connectivity index (χ2n) is 3.87. The van der Waals surface area contributed by atoms with E-state index in [9.17, 15) is 9.90 Å². The molecule has 0 aromatic heterocycles. The van der Waals surface area contributed by atoms with Crippen molar-refractivity contribution >= 4 is 21.8 Å². The fraction of sp³-hybridized carbons (Fsp3) is 0.364. The predicted molar refractivity (Wildman–Crippen MR) is 67.3 cm³/mol. The van der Waals surface area contributed by atoms with Gasteiger partial charge in [-0.25, -0.2) is 0 Å². The molecule has 0 radical (unpaired) electrons. The van der Waals surface area contributed by atoms with Crippen LogP contribution in [0.1, 0.15) is 10.4 Å². The number of phenolic OH excluding ortho intramolecular Hbond substituents is 1. The maximum Gasteiger partial charge on any atom is 0.255 e. The Morgan fingerprint density at radius 2 is 1.78 bits per heavy atom. The number of phenols is 1. The first-order valence-electron chi connectivity index (χ1n) is 5.11. The van der Waals surface area contributed by atoms with Gasteiger partial charge in [0.2, 0.25) is 0 Å². The lowest BCUT2D eigenvalue weighted by molar-refractivity contribution is 0.0374. The molecule has 0 saturated carbocycles. The normalized spacial score (nSPS) is 11.3. The number of aromatic hydroxyl groups is 1. The van der Waals surface area contributed by atoms with Crippen LogP contribution in [0.2, 0.25) is 0 Å². The summed E-state index contributed by atoms with van der Waals surface area (Å²) in [6.45, 7) is -1.87. The second-order valence-corrected chi connectivity index (χ2v) is 4.79. The number of benzene rings is 1. The lowest BCUT2D eigenvalue weighted by atomic mass is 10.0. The molecule has 0 unspecified atom stereocenters. The van der Waals surface area contributed by atoms with Crippen LogP contribution in [0, 0.1) is 0 Å². The van der Waals surface area contributed by atoms with Crippen LogP contribution in [-0.2, 0) is 0 Å². The highest BCUT2D eigenvalue weighted by atomic mass is 79.9. The van der Waals surface area contributed by atoms with E-state index >= 15 is 0 Å². The third-order valence-corrected chi connectivity index (χ3v) is 2.98. The number of nitrogens with one attached hydrogen (secondary N) is 1. The van der Waals surface area contributed by atoms with Crippen LogP contribution in [-0.4, -0.2) is 51.7 Å². The quantitative estimate of drug-likeness (QED) is 0.507. The highest BCUT2D eigenvalue weighted by molar-refractivity contribution is 9.10. The summed E-state index contributed by atoms with van der Waals surface area (Å²) in [6, 6.07) is 4.28. The molecule has 1 aromatic carbocycles. The number of carbonyl (C=O) groups is 1. The molecule has 100 valence electrons. The minimum Gasteiger partial charge on any atom is -0.507 e. The van der Waals surface area contributed by atoms with Crippen molar-refractivity contribution in [3.8, 4) is 5.75 Å². The fourth-order valence-corrected chi connectivity index (χ4v) is 1.63. The summed E-state index contributed by atoms with van der Waals surface area (Å²) in [5.41, 5.74) is -1.55. The second kappa shape index (κ2) is 6.14. The Kier molecular flexibility index (Phi) is 5.09. The molecule has 0 fully saturated rings. The van der Waals surface area contributed by atoms with E-state index in [1.807, 2.05) is 0 Å². The molecule has 6 nitrogen and oxygen atoms in total. The number of aliphatic hydroxyl groups excluding tert-OH is 3. The van der Waals surface area contributed by atoms with Gasteiger partial charge < -0.3 is 25.7 Å². The van der Waals surface area contributed by atoms with Crippen molar-refractivity contribution in [2.45, 2.75) is 5.54 Å². The third kappa shape index (κ3) is 3.20. The first-order chi connectivity index (χ1) is 8.48. The molecule has 0 spiro atoms. The highest BCUT2D eigenvalue weighted by Gasteiger charge is 2.31. The van der Waals surface area contributed by atoms with Crippen molar-refractivity contribution in [3.63, 3.8) is 0 Å². The van der Waals surface area contributed by atoms with E-state index < -0.39 is 31.3 Å². The Balaban J connectivity index is 2.97. The third-order valence-electron chi connectivity index (χ3n) is 2.49. The van der Waals surface area contributed by atoms with Crippen molar-refractivity contribution in [2.75, 3.05) is 19.8 Å². The summed E-state index contributed by atoms with van der Waals surface area (Å²) in [4.78, 5) is 11.9. The zero-order chi connectivity index (χ0) is 13.8. The Bertz CT molecular complexity index is 425. The molecular weight excluding hydrogens is 306 g/mol. The van der Waals surface area contributed by atoms with Crippen LogP contribution in [0.3, 0.4) is 0 Å².